The monoisotopic (exact) mass is 630 g/mol. The van der Waals surface area contributed by atoms with Gasteiger partial charge in [0.15, 0.2) is 0 Å². The summed E-state index contributed by atoms with van der Waals surface area (Å²) in [6.07, 6.45) is 14.5. The Morgan fingerprint density at radius 3 is 2.30 bits per heavy atom. The van der Waals surface area contributed by atoms with Gasteiger partial charge in [-0.1, -0.05) is 34.6 Å². The van der Waals surface area contributed by atoms with Gasteiger partial charge < -0.3 is 21.5 Å². The Bertz CT molecular complexity index is 981. The molecule has 4 aliphatic rings. The number of nitrogens with two attached hydrogens (primary N) is 2. The maximum atomic E-state index is 11.8. The van der Waals surface area contributed by atoms with Gasteiger partial charge in [0.1, 0.15) is 0 Å². The van der Waals surface area contributed by atoms with Crippen molar-refractivity contribution in [3.05, 3.63) is 0 Å². The predicted octanol–water partition coefficient (Wildman–Crippen LogP) is 2.78. The molecule has 3 unspecified atom stereocenters. The second-order valence-electron chi connectivity index (χ2n) is 16.2. The second-order valence-corrected chi connectivity index (χ2v) is 17.3. The molecule has 9 N–H and O–H groups in total. The summed E-state index contributed by atoms with van der Waals surface area (Å²) >= 11 is 0. The molecule has 0 spiro atoms. The van der Waals surface area contributed by atoms with Crippen LogP contribution in [-0.2, 0) is 14.6 Å². The standard InChI is InChI=1S/C34H65N3O5S/c1-23(2)31(42-43(39,40)41)12-9-24(3)27-10-11-28-32-29(14-16-34(27,28)5)33(4)15-13-26(21-25(33)22-30(32)38)37-20-8-19-36-18-7-6-17-35/h23-32,36-38H,6-22,35H2,1-5H3,(H,39,40,41)/p+3/t24-,25-,26+,27-,28?,29?,30-,31-,32?,33+,34-/m1/s1. The molecule has 0 aliphatic heterocycles. The van der Waals surface area contributed by atoms with Crippen LogP contribution in [0.5, 0.6) is 0 Å². The molecule has 0 heterocycles. The van der Waals surface area contributed by atoms with Crippen LogP contribution in [0.4, 0.5) is 0 Å². The minimum absolute atomic E-state index is 0.0205. The number of hydrogen-bond acceptors (Lipinski definition) is 4. The highest BCUT2D eigenvalue weighted by atomic mass is 32.3. The molecule has 4 rings (SSSR count). The van der Waals surface area contributed by atoms with Crippen molar-refractivity contribution >= 4 is 10.4 Å². The van der Waals surface area contributed by atoms with Crippen LogP contribution in [0.3, 0.4) is 0 Å². The fraction of sp³-hybridized carbons (Fsp3) is 1.00. The number of rotatable bonds is 16. The van der Waals surface area contributed by atoms with Crippen molar-refractivity contribution in [2.45, 2.75) is 136 Å². The highest BCUT2D eigenvalue weighted by molar-refractivity contribution is 7.80. The molecular formula is C34H68N3O5S+3. The molecule has 0 bridgehead atoms. The van der Waals surface area contributed by atoms with Crippen molar-refractivity contribution in [2.24, 2.45) is 52.3 Å². The van der Waals surface area contributed by atoms with Gasteiger partial charge in [-0.25, -0.2) is 4.18 Å². The molecule has 0 saturated heterocycles. The molecule has 8 nitrogen and oxygen atoms in total. The van der Waals surface area contributed by atoms with Crippen molar-refractivity contribution in [2.75, 3.05) is 26.2 Å². The summed E-state index contributed by atoms with van der Waals surface area (Å²) in [4.78, 5) is 0. The molecule has 11 atom stereocenters. The summed E-state index contributed by atoms with van der Waals surface area (Å²) in [7, 11) is -4.45. The van der Waals surface area contributed by atoms with Gasteiger partial charge in [0.05, 0.1) is 44.4 Å². The van der Waals surface area contributed by atoms with Crippen molar-refractivity contribution in [3.63, 3.8) is 0 Å². The van der Waals surface area contributed by atoms with Gasteiger partial charge in [-0.05, 0) is 110 Å². The quantitative estimate of drug-likeness (QED) is 0.132. The van der Waals surface area contributed by atoms with Crippen molar-refractivity contribution in [3.8, 4) is 0 Å². The largest absolute Gasteiger partial charge is 0.397 e. The van der Waals surface area contributed by atoms with Crippen molar-refractivity contribution in [1.82, 2.24) is 0 Å². The maximum Gasteiger partial charge on any atom is 0.397 e. The number of aliphatic hydroxyl groups is 1. The van der Waals surface area contributed by atoms with Crippen LogP contribution in [-0.4, -0.2) is 62.5 Å². The SMILES string of the molecule is CC(C)[C@@H](CC[C@@H](C)[C@H]1CCC2C3C(CC[C@@]21C)[C@@]1(C)CC[C@H]([NH2+]CCC[NH2+]CCCC[NH3+])C[C@@H]1C[C@H]3O)OS(=O)(=O)O. The van der Waals surface area contributed by atoms with Gasteiger partial charge >= 0.3 is 10.4 Å². The molecule has 4 fully saturated rings. The van der Waals surface area contributed by atoms with Gasteiger partial charge in [-0.3, -0.25) is 4.55 Å². The molecule has 0 aromatic rings. The highest BCUT2D eigenvalue weighted by Crippen LogP contribution is 2.68. The van der Waals surface area contributed by atoms with E-state index in [1.807, 2.05) is 13.8 Å². The van der Waals surface area contributed by atoms with E-state index < -0.39 is 16.5 Å². The fourth-order valence-electron chi connectivity index (χ4n) is 10.9. The molecular weight excluding hydrogens is 562 g/mol. The Balaban J connectivity index is 1.32. The molecule has 9 heteroatoms. The van der Waals surface area contributed by atoms with E-state index in [2.05, 4.69) is 37.1 Å². The molecule has 43 heavy (non-hydrogen) atoms. The maximum absolute atomic E-state index is 11.8. The summed E-state index contributed by atoms with van der Waals surface area (Å²) in [5, 5.41) is 16.9. The average Bonchev–Trinajstić information content (AvgIpc) is 3.29. The summed E-state index contributed by atoms with van der Waals surface area (Å²) in [5.74, 6) is 3.34. The first kappa shape index (κ1) is 35.6. The third-order valence-electron chi connectivity index (χ3n) is 13.4. The molecule has 0 radical (unpaired) electrons. The zero-order valence-corrected chi connectivity index (χ0v) is 29.0. The van der Waals surface area contributed by atoms with Crippen LogP contribution in [0.25, 0.3) is 0 Å². The number of quaternary nitrogens is 3. The van der Waals surface area contributed by atoms with E-state index in [4.69, 9.17) is 4.18 Å². The third kappa shape index (κ3) is 8.36. The molecule has 4 saturated carbocycles. The normalized spacial score (nSPS) is 39.2. The zero-order chi connectivity index (χ0) is 31.4. The molecule has 252 valence electrons. The van der Waals surface area contributed by atoms with Crippen LogP contribution in [0.1, 0.15) is 118 Å². The van der Waals surface area contributed by atoms with E-state index in [1.165, 1.54) is 83.8 Å². The van der Waals surface area contributed by atoms with Crippen LogP contribution >= 0.6 is 0 Å². The number of unbranched alkanes of at least 4 members (excludes halogenated alkanes) is 1. The van der Waals surface area contributed by atoms with Crippen LogP contribution in [0.15, 0.2) is 0 Å². The Kier molecular flexibility index (Phi) is 12.5. The lowest BCUT2D eigenvalue weighted by Crippen LogP contribution is -2.92. The summed E-state index contributed by atoms with van der Waals surface area (Å²) in [6, 6.07) is 0.720. The van der Waals surface area contributed by atoms with Gasteiger partial charge in [-0.2, -0.15) is 8.42 Å². The van der Waals surface area contributed by atoms with Crippen LogP contribution in [0, 0.1) is 52.3 Å². The molecule has 0 aromatic heterocycles. The highest BCUT2D eigenvalue weighted by Gasteiger charge is 2.63. The van der Waals surface area contributed by atoms with E-state index in [0.29, 0.717) is 47.3 Å². The first-order valence-electron chi connectivity index (χ1n) is 18.1. The summed E-state index contributed by atoms with van der Waals surface area (Å²) in [6.45, 7) is 16.1. The second kappa shape index (κ2) is 15.1. The lowest BCUT2D eigenvalue weighted by atomic mass is 9.43. The minimum Gasteiger partial charge on any atom is -0.393 e. The topological polar surface area (TPSA) is 145 Å². The Labute approximate surface area is 263 Å². The Hall–Kier alpha value is -0.290. The predicted molar refractivity (Wildman–Crippen MR) is 170 cm³/mol. The smallest absolute Gasteiger partial charge is 0.393 e. The van der Waals surface area contributed by atoms with E-state index in [9.17, 15) is 18.1 Å². The van der Waals surface area contributed by atoms with Gasteiger partial charge in [0.2, 0.25) is 0 Å². The lowest BCUT2D eigenvalue weighted by Gasteiger charge is -2.62. The summed E-state index contributed by atoms with van der Waals surface area (Å²) in [5.41, 5.74) is 4.53. The van der Waals surface area contributed by atoms with E-state index in [0.717, 1.165) is 25.4 Å². The average molecular weight is 631 g/mol. The molecule has 0 aromatic carbocycles. The van der Waals surface area contributed by atoms with Gasteiger partial charge in [0, 0.05) is 25.7 Å². The number of fused-ring (bicyclic) bond motifs is 5. The first-order chi connectivity index (χ1) is 20.3. The minimum atomic E-state index is -4.45. The third-order valence-corrected chi connectivity index (χ3v) is 13.9. The summed E-state index contributed by atoms with van der Waals surface area (Å²) < 4.78 is 37.1. The number of hydrogen-bond donors (Lipinski definition) is 5. The fourth-order valence-corrected chi connectivity index (χ4v) is 11.6. The first-order valence-corrected chi connectivity index (χ1v) is 19.4. The van der Waals surface area contributed by atoms with Gasteiger partial charge in [0.25, 0.3) is 0 Å². The number of aliphatic hydroxyl groups excluding tert-OH is 1. The Morgan fingerprint density at radius 1 is 0.907 bits per heavy atom. The van der Waals surface area contributed by atoms with E-state index >= 15 is 0 Å². The lowest BCUT2D eigenvalue weighted by molar-refractivity contribution is -0.705. The van der Waals surface area contributed by atoms with Gasteiger partial charge in [-0.15, -0.1) is 0 Å². The van der Waals surface area contributed by atoms with Crippen LogP contribution in [0.2, 0.25) is 0 Å². The molecule has 0 amide bonds. The van der Waals surface area contributed by atoms with Crippen LogP contribution < -0.4 is 16.4 Å². The molecule has 4 aliphatic carbocycles. The van der Waals surface area contributed by atoms with E-state index in [-0.39, 0.29) is 17.4 Å². The Morgan fingerprint density at radius 2 is 1.60 bits per heavy atom. The van der Waals surface area contributed by atoms with Crippen molar-refractivity contribution in [1.29, 1.82) is 0 Å². The zero-order valence-electron chi connectivity index (χ0n) is 28.2. The van der Waals surface area contributed by atoms with E-state index in [1.54, 1.807) is 0 Å². The van der Waals surface area contributed by atoms with Crippen molar-refractivity contribution < 1.29 is 38.6 Å².